The third-order valence-electron chi connectivity index (χ3n) is 5.55. The van der Waals surface area contributed by atoms with E-state index in [0.29, 0.717) is 5.41 Å². The van der Waals surface area contributed by atoms with Gasteiger partial charge in [-0.15, -0.1) is 0 Å². The van der Waals surface area contributed by atoms with Crippen LogP contribution in [0.2, 0.25) is 0 Å². The van der Waals surface area contributed by atoms with Gasteiger partial charge in [-0.2, -0.15) is 0 Å². The molecule has 3 atom stereocenters. The summed E-state index contributed by atoms with van der Waals surface area (Å²) in [4.78, 5) is 0. The van der Waals surface area contributed by atoms with Crippen molar-refractivity contribution in [3.63, 3.8) is 0 Å². The van der Waals surface area contributed by atoms with Crippen LogP contribution in [0.15, 0.2) is 24.3 Å². The second-order valence-electron chi connectivity index (χ2n) is 6.18. The van der Waals surface area contributed by atoms with Crippen LogP contribution < -0.4 is 11.5 Å². The summed E-state index contributed by atoms with van der Waals surface area (Å²) in [6.07, 6.45) is 8.41. The largest absolute Gasteiger partial charge is 0.344 e. The van der Waals surface area contributed by atoms with Crippen LogP contribution in [0.1, 0.15) is 50.7 Å². The van der Waals surface area contributed by atoms with Gasteiger partial charge in [-0.1, -0.05) is 44.5 Å². The van der Waals surface area contributed by atoms with Crippen LogP contribution in [0.5, 0.6) is 0 Å². The first-order valence-electron chi connectivity index (χ1n) is 7.22. The van der Waals surface area contributed by atoms with E-state index in [-0.39, 0.29) is 13.6 Å². The zero-order valence-corrected chi connectivity index (χ0v) is 11.1. The predicted octanol–water partition coefficient (Wildman–Crippen LogP) is 3.83. The Balaban J connectivity index is 0.000000667. The normalized spacial score (nSPS) is 35.2. The summed E-state index contributed by atoms with van der Waals surface area (Å²) in [6.45, 7) is 1.23. The van der Waals surface area contributed by atoms with Crippen molar-refractivity contribution in [2.45, 2.75) is 57.4 Å². The quantitative estimate of drug-likeness (QED) is 0.744. The van der Waals surface area contributed by atoms with E-state index in [2.05, 4.69) is 29.6 Å². The van der Waals surface area contributed by atoms with Crippen LogP contribution in [-0.4, -0.2) is 12.6 Å². The van der Waals surface area contributed by atoms with E-state index in [1.165, 1.54) is 45.1 Å². The Morgan fingerprint density at radius 1 is 1.11 bits per heavy atom. The van der Waals surface area contributed by atoms with E-state index < -0.39 is 0 Å². The minimum absolute atomic E-state index is 0. The fourth-order valence-electron chi connectivity index (χ4n) is 4.89. The topological polar surface area (TPSA) is 47.0 Å². The number of hydrogen-bond acceptors (Lipinski definition) is 2. The van der Waals surface area contributed by atoms with Crippen molar-refractivity contribution in [3.8, 4) is 0 Å². The lowest BCUT2D eigenvalue weighted by Gasteiger charge is -2.56. The molecule has 2 bridgehead atoms. The average molecular weight is 260 g/mol. The van der Waals surface area contributed by atoms with Crippen LogP contribution in [0, 0.1) is 5.92 Å². The van der Waals surface area contributed by atoms with Gasteiger partial charge < -0.3 is 11.5 Å². The molecule has 106 valence electrons. The van der Waals surface area contributed by atoms with Crippen molar-refractivity contribution >= 4 is 0 Å². The summed E-state index contributed by atoms with van der Waals surface area (Å²) < 4.78 is 0. The smallest absolute Gasteiger partial charge is 0.0144 e. The molecule has 2 nitrogen and oxygen atoms in total. The Morgan fingerprint density at radius 3 is 2.84 bits per heavy atom. The number of benzene rings is 1. The molecule has 19 heavy (non-hydrogen) atoms. The second kappa shape index (κ2) is 5.26. The molecule has 2 fully saturated rings. The molecule has 0 aromatic heterocycles. The Kier molecular flexibility index (Phi) is 4.03. The van der Waals surface area contributed by atoms with Crippen LogP contribution >= 0.6 is 0 Å². The molecule has 1 aromatic carbocycles. The maximum atomic E-state index is 3.79. The highest BCUT2D eigenvalue weighted by atomic mass is 15.0. The monoisotopic (exact) mass is 260 g/mol. The first kappa shape index (κ1) is 14.5. The molecule has 0 radical (unpaired) electrons. The summed E-state index contributed by atoms with van der Waals surface area (Å²) in [5.74, 6) is 0.917. The summed E-state index contributed by atoms with van der Waals surface area (Å²) in [5, 5.41) is 3.79. The van der Waals surface area contributed by atoms with Crippen molar-refractivity contribution in [1.29, 1.82) is 0 Å². The van der Waals surface area contributed by atoms with Crippen molar-refractivity contribution < 1.29 is 0 Å². The van der Waals surface area contributed by atoms with E-state index >= 15 is 0 Å². The summed E-state index contributed by atoms with van der Waals surface area (Å²) in [5.41, 5.74) is 3.88. The molecule has 1 aliphatic heterocycles. The third kappa shape index (κ3) is 1.93. The third-order valence-corrected chi connectivity index (χ3v) is 5.55. The standard InChI is InChI=1S/C16H21N.CH4.H3N/c1-2-6-13-12(5-1)11-15-14-7-3-4-8-16(13,14)9-10-17-15;;/h1-2,5-6,14-15,17H,3-4,7-11H2;1H4;1H3/t14-,15+,16-;;/m0../s1. The van der Waals surface area contributed by atoms with Crippen LogP contribution in [0.25, 0.3) is 0 Å². The number of hydrogen-bond donors (Lipinski definition) is 2. The minimum Gasteiger partial charge on any atom is -0.344 e. The Hall–Kier alpha value is -0.860. The number of rotatable bonds is 0. The van der Waals surface area contributed by atoms with Gasteiger partial charge in [-0.05, 0) is 49.3 Å². The van der Waals surface area contributed by atoms with E-state index in [9.17, 15) is 0 Å². The van der Waals surface area contributed by atoms with Crippen LogP contribution in [0.3, 0.4) is 0 Å². The van der Waals surface area contributed by atoms with Crippen LogP contribution in [0.4, 0.5) is 0 Å². The molecule has 4 rings (SSSR count). The highest BCUT2D eigenvalue weighted by molar-refractivity contribution is 5.41. The maximum Gasteiger partial charge on any atom is 0.0144 e. The predicted molar refractivity (Wildman–Crippen MR) is 81.9 cm³/mol. The molecular weight excluding hydrogens is 232 g/mol. The Bertz CT molecular complexity index is 439. The van der Waals surface area contributed by atoms with Gasteiger partial charge in [0, 0.05) is 11.5 Å². The van der Waals surface area contributed by atoms with Gasteiger partial charge in [0.05, 0.1) is 0 Å². The van der Waals surface area contributed by atoms with E-state index in [4.69, 9.17) is 0 Å². The maximum absolute atomic E-state index is 3.79. The van der Waals surface area contributed by atoms with E-state index in [1.54, 1.807) is 11.1 Å². The highest BCUT2D eigenvalue weighted by Gasteiger charge is 2.51. The molecule has 0 spiro atoms. The first-order chi connectivity index (χ1) is 8.40. The van der Waals surface area contributed by atoms with E-state index in [0.717, 1.165) is 12.0 Å². The van der Waals surface area contributed by atoms with Crippen LogP contribution in [-0.2, 0) is 11.8 Å². The Morgan fingerprint density at radius 2 is 1.95 bits per heavy atom. The average Bonchev–Trinajstić information content (AvgIpc) is 2.39. The molecule has 3 aliphatic rings. The highest BCUT2D eigenvalue weighted by Crippen LogP contribution is 2.53. The van der Waals surface area contributed by atoms with Crippen molar-refractivity contribution in [2.75, 3.05) is 6.54 Å². The van der Waals surface area contributed by atoms with Crippen molar-refractivity contribution in [3.05, 3.63) is 35.4 Å². The molecule has 2 aliphatic carbocycles. The summed E-state index contributed by atoms with van der Waals surface area (Å²) >= 11 is 0. The molecule has 1 saturated heterocycles. The summed E-state index contributed by atoms with van der Waals surface area (Å²) in [7, 11) is 0. The van der Waals surface area contributed by atoms with Crippen molar-refractivity contribution in [1.82, 2.24) is 11.5 Å². The molecular formula is C17H28N2. The van der Waals surface area contributed by atoms with Gasteiger partial charge in [-0.3, -0.25) is 0 Å². The number of piperidine rings is 1. The first-order valence-corrected chi connectivity index (χ1v) is 7.22. The number of nitrogens with one attached hydrogen (secondary N) is 1. The molecule has 2 heteroatoms. The Labute approximate surface area is 117 Å². The van der Waals surface area contributed by atoms with Gasteiger partial charge >= 0.3 is 0 Å². The van der Waals surface area contributed by atoms with Crippen molar-refractivity contribution in [2.24, 2.45) is 5.92 Å². The second-order valence-corrected chi connectivity index (χ2v) is 6.18. The van der Waals surface area contributed by atoms with Gasteiger partial charge in [0.25, 0.3) is 0 Å². The molecule has 1 aromatic rings. The summed E-state index contributed by atoms with van der Waals surface area (Å²) in [6, 6.07) is 10.0. The lowest BCUT2D eigenvalue weighted by molar-refractivity contribution is 0.0798. The lowest BCUT2D eigenvalue weighted by atomic mass is 9.53. The zero-order valence-electron chi connectivity index (χ0n) is 11.1. The van der Waals surface area contributed by atoms with Gasteiger partial charge in [-0.25, -0.2) is 0 Å². The van der Waals surface area contributed by atoms with Gasteiger partial charge in [0.15, 0.2) is 0 Å². The molecule has 0 amide bonds. The lowest BCUT2D eigenvalue weighted by Crippen LogP contribution is -2.59. The molecule has 1 heterocycles. The minimum atomic E-state index is 0. The molecule has 0 unspecified atom stereocenters. The number of fused-ring (bicyclic) bond motifs is 1. The SMILES string of the molecule is C.N.c1ccc2c(c1)C[C@H]1NCC[C@@]23CCCC[C@@H]13. The van der Waals surface area contributed by atoms with E-state index in [1.807, 2.05) is 0 Å². The fourth-order valence-corrected chi connectivity index (χ4v) is 4.89. The fraction of sp³-hybridized carbons (Fsp3) is 0.647. The zero-order chi connectivity index (χ0) is 11.3. The molecule has 4 N–H and O–H groups in total. The van der Waals surface area contributed by atoms with Gasteiger partial charge in [0.2, 0.25) is 0 Å². The molecule has 1 saturated carbocycles. The van der Waals surface area contributed by atoms with Gasteiger partial charge in [0.1, 0.15) is 0 Å².